The molecule has 0 saturated carbocycles. The maximum Gasteiger partial charge on any atom is 0.167 e. The van der Waals surface area contributed by atoms with Gasteiger partial charge in [-0.15, -0.1) is 0 Å². The second kappa shape index (κ2) is 12.3. The minimum atomic E-state index is -0.363. The van der Waals surface area contributed by atoms with Crippen LogP contribution in [0.5, 0.6) is 11.5 Å². The maximum absolute atomic E-state index is 13.3. The van der Waals surface area contributed by atoms with Crippen molar-refractivity contribution in [2.75, 3.05) is 13.7 Å². The van der Waals surface area contributed by atoms with E-state index in [1.807, 2.05) is 12.1 Å². The lowest BCUT2D eigenvalue weighted by molar-refractivity contribution is 0.280. The highest BCUT2D eigenvalue weighted by Gasteiger charge is 2.15. The average molecular weight is 473 g/mol. The number of nitrogens with one attached hydrogen (secondary N) is 1. The van der Waals surface area contributed by atoms with Gasteiger partial charge in [0.2, 0.25) is 0 Å². The predicted molar refractivity (Wildman–Crippen MR) is 117 cm³/mol. The molecule has 2 rings (SSSR count). The molecule has 0 fully saturated rings. The number of rotatable bonds is 12. The van der Waals surface area contributed by atoms with Crippen molar-refractivity contribution in [1.29, 1.82) is 0 Å². The first-order chi connectivity index (χ1) is 13.6. The molecule has 28 heavy (non-hydrogen) atoms. The Hall–Kier alpha value is -1.30. The molecule has 0 unspecified atom stereocenters. The largest absolute Gasteiger partial charge is 0.493 e. The van der Waals surface area contributed by atoms with Crippen LogP contribution in [0.25, 0.3) is 0 Å². The molecule has 0 aromatic heterocycles. The molecule has 0 aliphatic heterocycles. The van der Waals surface area contributed by atoms with Gasteiger partial charge in [0.05, 0.1) is 12.1 Å². The summed E-state index contributed by atoms with van der Waals surface area (Å²) in [7, 11) is 1.62. The molecule has 2 aromatic rings. The summed E-state index contributed by atoms with van der Waals surface area (Å²) in [6.45, 7) is 4.07. The second-order valence-corrected chi connectivity index (χ2v) is 7.93. The van der Waals surface area contributed by atoms with E-state index in [4.69, 9.17) is 21.1 Å². The van der Waals surface area contributed by atoms with Crippen LogP contribution in [-0.2, 0) is 13.2 Å². The third-order valence-electron chi connectivity index (χ3n) is 4.53. The fraction of sp³-hybridized carbons (Fsp3) is 0.455. The van der Waals surface area contributed by atoms with Crippen molar-refractivity contribution in [2.24, 2.45) is 0 Å². The minimum Gasteiger partial charge on any atom is -0.493 e. The fourth-order valence-corrected chi connectivity index (χ4v) is 3.60. The van der Waals surface area contributed by atoms with Crippen molar-refractivity contribution in [3.63, 3.8) is 0 Å². The smallest absolute Gasteiger partial charge is 0.167 e. The van der Waals surface area contributed by atoms with Crippen LogP contribution in [0.15, 0.2) is 34.8 Å². The number of hydrogen-bond acceptors (Lipinski definition) is 3. The van der Waals surface area contributed by atoms with Crippen LogP contribution >= 0.6 is 27.5 Å². The van der Waals surface area contributed by atoms with Crippen LogP contribution in [-0.4, -0.2) is 13.7 Å². The van der Waals surface area contributed by atoms with Crippen LogP contribution < -0.4 is 14.8 Å². The normalized spacial score (nSPS) is 10.9. The Balaban J connectivity index is 2.03. The molecule has 0 atom stereocenters. The fourth-order valence-electron chi connectivity index (χ4n) is 2.92. The zero-order chi connectivity index (χ0) is 20.4. The van der Waals surface area contributed by atoms with Gasteiger partial charge in [-0.1, -0.05) is 66.2 Å². The molecular weight excluding hydrogens is 445 g/mol. The lowest BCUT2D eigenvalue weighted by Crippen LogP contribution is -2.16. The second-order valence-electron chi connectivity index (χ2n) is 6.67. The van der Waals surface area contributed by atoms with E-state index in [2.05, 4.69) is 28.2 Å². The van der Waals surface area contributed by atoms with Gasteiger partial charge < -0.3 is 14.8 Å². The highest BCUT2D eigenvalue weighted by Crippen LogP contribution is 2.37. The van der Waals surface area contributed by atoms with Crippen molar-refractivity contribution in [1.82, 2.24) is 5.32 Å². The first-order valence-corrected chi connectivity index (χ1v) is 10.9. The summed E-state index contributed by atoms with van der Waals surface area (Å²) in [6.07, 6.45) is 6.23. The Labute approximate surface area is 180 Å². The molecule has 0 amide bonds. The Kier molecular flexibility index (Phi) is 10.1. The summed E-state index contributed by atoms with van der Waals surface area (Å²) in [5.41, 5.74) is 1.71. The zero-order valence-corrected chi connectivity index (χ0v) is 18.8. The first-order valence-electron chi connectivity index (χ1n) is 9.69. The quantitative estimate of drug-likeness (QED) is 0.341. The lowest BCUT2D eigenvalue weighted by atomic mass is 10.1. The third-order valence-corrected chi connectivity index (χ3v) is 5.63. The molecule has 0 heterocycles. The summed E-state index contributed by atoms with van der Waals surface area (Å²) in [6, 6.07) is 8.12. The summed E-state index contributed by atoms with van der Waals surface area (Å²) in [5, 5.41) is 3.83. The SMILES string of the molecule is CCCCCCCNCc1c(Br)ccc(OC)c1OCc1ccc(F)cc1Cl. The Morgan fingerprint density at radius 3 is 2.61 bits per heavy atom. The van der Waals surface area contributed by atoms with Crippen LogP contribution in [0.3, 0.4) is 0 Å². The van der Waals surface area contributed by atoms with E-state index in [-0.39, 0.29) is 12.4 Å². The minimum absolute atomic E-state index is 0.232. The van der Waals surface area contributed by atoms with Crippen molar-refractivity contribution >= 4 is 27.5 Å². The summed E-state index contributed by atoms with van der Waals surface area (Å²) >= 11 is 9.74. The van der Waals surface area contributed by atoms with E-state index >= 15 is 0 Å². The molecule has 0 saturated heterocycles. The highest BCUT2D eigenvalue weighted by atomic mass is 79.9. The molecular formula is C22H28BrClFNO2. The molecule has 0 radical (unpaired) electrons. The van der Waals surface area contributed by atoms with Gasteiger partial charge in [0, 0.05) is 22.1 Å². The van der Waals surface area contributed by atoms with E-state index < -0.39 is 0 Å². The number of ether oxygens (including phenoxy) is 2. The van der Waals surface area contributed by atoms with Gasteiger partial charge in [-0.2, -0.15) is 0 Å². The summed E-state index contributed by atoms with van der Waals surface area (Å²) < 4.78 is 25.7. The topological polar surface area (TPSA) is 30.5 Å². The molecule has 0 aliphatic rings. The van der Waals surface area contributed by atoms with E-state index in [0.29, 0.717) is 23.1 Å². The molecule has 0 bridgehead atoms. The van der Waals surface area contributed by atoms with E-state index in [0.717, 1.165) is 28.6 Å². The van der Waals surface area contributed by atoms with Gasteiger partial charge in [0.25, 0.3) is 0 Å². The van der Waals surface area contributed by atoms with Crippen molar-refractivity contribution in [3.8, 4) is 11.5 Å². The number of benzene rings is 2. The first kappa shape index (κ1) is 23.0. The van der Waals surface area contributed by atoms with Gasteiger partial charge in [-0.25, -0.2) is 4.39 Å². The number of unbranched alkanes of at least 4 members (excludes halogenated alkanes) is 4. The number of methoxy groups -OCH3 is 1. The molecule has 6 heteroatoms. The summed E-state index contributed by atoms with van der Waals surface area (Å²) in [5.74, 6) is 0.953. The van der Waals surface area contributed by atoms with Crippen LogP contribution in [0, 0.1) is 5.82 Å². The van der Waals surface area contributed by atoms with Crippen LogP contribution in [0.4, 0.5) is 4.39 Å². The monoisotopic (exact) mass is 471 g/mol. The Morgan fingerprint density at radius 2 is 1.89 bits per heavy atom. The van der Waals surface area contributed by atoms with Gasteiger partial charge >= 0.3 is 0 Å². The third kappa shape index (κ3) is 6.94. The summed E-state index contributed by atoms with van der Waals surface area (Å²) in [4.78, 5) is 0. The lowest BCUT2D eigenvalue weighted by Gasteiger charge is -2.17. The van der Waals surface area contributed by atoms with Gasteiger partial charge in [-0.05, 0) is 37.2 Å². The van der Waals surface area contributed by atoms with Crippen LogP contribution in [0.2, 0.25) is 5.02 Å². The van der Waals surface area contributed by atoms with Gasteiger partial charge in [0.15, 0.2) is 11.5 Å². The Bertz CT molecular complexity index is 758. The molecule has 154 valence electrons. The maximum atomic E-state index is 13.3. The van der Waals surface area contributed by atoms with Crippen molar-refractivity contribution < 1.29 is 13.9 Å². The highest BCUT2D eigenvalue weighted by molar-refractivity contribution is 9.10. The van der Waals surface area contributed by atoms with Crippen LogP contribution in [0.1, 0.15) is 50.2 Å². The predicted octanol–water partition coefficient (Wildman–Crippen LogP) is 6.89. The molecule has 1 N–H and O–H groups in total. The van der Waals surface area contributed by atoms with Gasteiger partial charge in [0.1, 0.15) is 12.4 Å². The van der Waals surface area contributed by atoms with Gasteiger partial charge in [-0.3, -0.25) is 0 Å². The van der Waals surface area contributed by atoms with Crippen molar-refractivity contribution in [2.45, 2.75) is 52.2 Å². The number of hydrogen-bond donors (Lipinski definition) is 1. The zero-order valence-electron chi connectivity index (χ0n) is 16.5. The van der Waals surface area contributed by atoms with E-state index in [1.165, 1.54) is 37.8 Å². The molecule has 3 nitrogen and oxygen atoms in total. The van der Waals surface area contributed by atoms with Crippen molar-refractivity contribution in [3.05, 3.63) is 56.8 Å². The van der Waals surface area contributed by atoms with E-state index in [1.54, 1.807) is 13.2 Å². The Morgan fingerprint density at radius 1 is 1.11 bits per heavy atom. The average Bonchev–Trinajstić information content (AvgIpc) is 2.68. The molecule has 0 aliphatic carbocycles. The molecule has 0 spiro atoms. The number of halogens is 3. The molecule has 2 aromatic carbocycles. The standard InChI is InChI=1S/C22H28BrClFNO2/c1-3-4-5-6-7-12-26-14-18-19(23)10-11-21(27-2)22(18)28-15-16-8-9-17(25)13-20(16)24/h8-11,13,26H,3-7,12,14-15H2,1-2H3. The van der Waals surface area contributed by atoms with E-state index in [9.17, 15) is 4.39 Å².